The number of carbonyl (C=O) groups excluding carboxylic acids is 2. The average molecular weight is 274 g/mol. The number of ether oxygens (including phenoxy) is 1. The molecule has 1 fully saturated rings. The van der Waals surface area contributed by atoms with Crippen molar-refractivity contribution in [2.45, 2.75) is 31.8 Å². The van der Waals surface area contributed by atoms with E-state index in [0.717, 1.165) is 11.3 Å². The molecule has 106 valence electrons. The fourth-order valence-electron chi connectivity index (χ4n) is 2.84. The quantitative estimate of drug-likeness (QED) is 0.871. The van der Waals surface area contributed by atoms with E-state index >= 15 is 0 Å². The number of carbonyl (C=O) groups is 2. The molecule has 0 aromatic heterocycles. The summed E-state index contributed by atoms with van der Waals surface area (Å²) in [7, 11) is 0. The minimum Gasteiger partial charge on any atom is -0.493 e. The number of fused-ring (bicyclic) bond motifs is 1. The van der Waals surface area contributed by atoms with Crippen LogP contribution in [0.4, 0.5) is 0 Å². The minimum absolute atomic E-state index is 0.0264. The van der Waals surface area contributed by atoms with Gasteiger partial charge in [0.15, 0.2) is 0 Å². The van der Waals surface area contributed by atoms with Gasteiger partial charge >= 0.3 is 0 Å². The molecule has 5 nitrogen and oxygen atoms in total. The molecule has 0 bridgehead atoms. The van der Waals surface area contributed by atoms with E-state index in [9.17, 15) is 9.59 Å². The number of nitrogens with one attached hydrogen (secondary N) is 1. The average Bonchev–Trinajstić information content (AvgIpc) is 2.85. The van der Waals surface area contributed by atoms with Gasteiger partial charge in [-0.25, -0.2) is 0 Å². The molecule has 1 saturated heterocycles. The first kappa shape index (κ1) is 13.0. The lowest BCUT2D eigenvalue weighted by atomic mass is 9.98. The third-order valence-corrected chi connectivity index (χ3v) is 4.08. The van der Waals surface area contributed by atoms with Gasteiger partial charge in [-0.3, -0.25) is 9.59 Å². The monoisotopic (exact) mass is 274 g/mol. The lowest BCUT2D eigenvalue weighted by Crippen LogP contribution is -2.62. The number of hydrogen-bond donors (Lipinski definition) is 1. The maximum Gasteiger partial charge on any atom is 0.245 e. The number of rotatable bonds is 2. The number of amides is 2. The van der Waals surface area contributed by atoms with Gasteiger partial charge in [0, 0.05) is 18.0 Å². The summed E-state index contributed by atoms with van der Waals surface area (Å²) in [5.41, 5.74) is 1.12. The predicted octanol–water partition coefficient (Wildman–Crippen LogP) is 0.898. The van der Waals surface area contributed by atoms with Crippen LogP contribution in [0.2, 0.25) is 0 Å². The summed E-state index contributed by atoms with van der Waals surface area (Å²) < 4.78 is 5.64. The van der Waals surface area contributed by atoms with E-state index in [4.69, 9.17) is 4.74 Å². The first-order valence-electron chi connectivity index (χ1n) is 6.90. The second kappa shape index (κ2) is 4.81. The van der Waals surface area contributed by atoms with Gasteiger partial charge in [0.25, 0.3) is 0 Å². The van der Waals surface area contributed by atoms with E-state index in [1.54, 1.807) is 18.7 Å². The van der Waals surface area contributed by atoms with E-state index < -0.39 is 12.1 Å². The largest absolute Gasteiger partial charge is 0.493 e. The molecule has 5 heteroatoms. The first-order chi connectivity index (χ1) is 9.58. The molecule has 1 aromatic carbocycles. The highest BCUT2D eigenvalue weighted by molar-refractivity contribution is 5.96. The maximum absolute atomic E-state index is 12.3. The van der Waals surface area contributed by atoms with Gasteiger partial charge in [-0.2, -0.15) is 0 Å². The fraction of sp³-hybridized carbons (Fsp3) is 0.467. The van der Waals surface area contributed by atoms with Gasteiger partial charge in [0.2, 0.25) is 11.8 Å². The Morgan fingerprint density at radius 2 is 2.05 bits per heavy atom. The topological polar surface area (TPSA) is 58.6 Å². The minimum atomic E-state index is -0.448. The smallest absolute Gasteiger partial charge is 0.245 e. The molecule has 0 spiro atoms. The molecular weight excluding hydrogens is 256 g/mol. The molecule has 1 N–H and O–H groups in total. The predicted molar refractivity (Wildman–Crippen MR) is 73.5 cm³/mol. The molecule has 1 aromatic rings. The Hall–Kier alpha value is -2.04. The number of piperazine rings is 1. The Bertz CT molecular complexity index is 558. The van der Waals surface area contributed by atoms with Crippen molar-refractivity contribution in [1.82, 2.24) is 10.2 Å². The molecule has 3 unspecified atom stereocenters. The van der Waals surface area contributed by atoms with Crippen LogP contribution in [0.25, 0.3) is 0 Å². The molecule has 0 aliphatic carbocycles. The Balaban J connectivity index is 1.81. The van der Waals surface area contributed by atoms with Crippen LogP contribution in [0.15, 0.2) is 24.3 Å². The van der Waals surface area contributed by atoms with Gasteiger partial charge < -0.3 is 15.0 Å². The highest BCUT2D eigenvalue weighted by Crippen LogP contribution is 2.34. The van der Waals surface area contributed by atoms with Crippen LogP contribution in [0.1, 0.15) is 25.3 Å². The zero-order valence-corrected chi connectivity index (χ0v) is 11.6. The molecular formula is C15H18N2O3. The Labute approximate surface area is 117 Å². The SMILES string of the molecule is CC1NC(=O)C(C)N(CC2COc3ccccc32)C1=O. The summed E-state index contributed by atoms with van der Waals surface area (Å²) in [5.74, 6) is 0.897. The first-order valence-corrected chi connectivity index (χ1v) is 6.90. The zero-order chi connectivity index (χ0) is 14.3. The van der Waals surface area contributed by atoms with Crippen LogP contribution in [0, 0.1) is 0 Å². The normalized spacial score (nSPS) is 28.9. The number of hydrogen-bond acceptors (Lipinski definition) is 3. The molecule has 0 saturated carbocycles. The highest BCUT2D eigenvalue weighted by atomic mass is 16.5. The van der Waals surface area contributed by atoms with Crippen molar-refractivity contribution in [2.24, 2.45) is 0 Å². The fourth-order valence-corrected chi connectivity index (χ4v) is 2.84. The van der Waals surface area contributed by atoms with Crippen molar-refractivity contribution in [3.8, 4) is 5.75 Å². The van der Waals surface area contributed by atoms with E-state index in [0.29, 0.717) is 13.2 Å². The van der Waals surface area contributed by atoms with Crippen molar-refractivity contribution in [3.05, 3.63) is 29.8 Å². The summed E-state index contributed by atoms with van der Waals surface area (Å²) >= 11 is 0. The molecule has 2 heterocycles. The standard InChI is InChI=1S/C15H18N2O3/c1-9-15(19)17(10(2)14(18)16-9)7-11-8-20-13-6-4-3-5-12(11)13/h3-6,9-11H,7-8H2,1-2H3,(H,16,18). The number of benzene rings is 1. The van der Waals surface area contributed by atoms with Crippen LogP contribution in [0.3, 0.4) is 0 Å². The Morgan fingerprint density at radius 1 is 1.30 bits per heavy atom. The molecule has 20 heavy (non-hydrogen) atoms. The molecule has 0 radical (unpaired) electrons. The Morgan fingerprint density at radius 3 is 2.85 bits per heavy atom. The summed E-state index contributed by atoms with van der Waals surface area (Å²) in [6.07, 6.45) is 0. The van der Waals surface area contributed by atoms with Crippen LogP contribution in [-0.4, -0.2) is 41.9 Å². The van der Waals surface area contributed by atoms with Crippen LogP contribution < -0.4 is 10.1 Å². The van der Waals surface area contributed by atoms with Crippen LogP contribution >= 0.6 is 0 Å². The van der Waals surface area contributed by atoms with Crippen molar-refractivity contribution >= 4 is 11.8 Å². The lowest BCUT2D eigenvalue weighted by Gasteiger charge is -2.37. The number of nitrogens with zero attached hydrogens (tertiary/aromatic N) is 1. The van der Waals surface area contributed by atoms with Crippen molar-refractivity contribution in [3.63, 3.8) is 0 Å². The van der Waals surface area contributed by atoms with Gasteiger partial charge in [-0.1, -0.05) is 18.2 Å². The highest BCUT2D eigenvalue weighted by Gasteiger charge is 2.38. The summed E-state index contributed by atoms with van der Waals surface area (Å²) in [6.45, 7) is 4.57. The van der Waals surface area contributed by atoms with Crippen molar-refractivity contribution in [1.29, 1.82) is 0 Å². The summed E-state index contributed by atoms with van der Waals surface area (Å²) in [5, 5.41) is 2.69. The van der Waals surface area contributed by atoms with Gasteiger partial charge in [0.05, 0.1) is 6.61 Å². The second-order valence-electron chi connectivity index (χ2n) is 5.44. The lowest BCUT2D eigenvalue weighted by molar-refractivity contribution is -0.148. The van der Waals surface area contributed by atoms with Crippen molar-refractivity contribution < 1.29 is 14.3 Å². The zero-order valence-electron chi connectivity index (χ0n) is 11.6. The summed E-state index contributed by atoms with van der Waals surface area (Å²) in [4.78, 5) is 25.8. The van der Waals surface area contributed by atoms with E-state index in [1.807, 2.05) is 24.3 Å². The molecule has 3 atom stereocenters. The number of para-hydroxylation sites is 1. The Kier molecular flexibility index (Phi) is 3.12. The van der Waals surface area contributed by atoms with E-state index in [1.165, 1.54) is 0 Å². The third kappa shape index (κ3) is 2.03. The second-order valence-corrected chi connectivity index (χ2v) is 5.44. The van der Waals surface area contributed by atoms with Crippen molar-refractivity contribution in [2.75, 3.05) is 13.2 Å². The molecule has 2 aliphatic heterocycles. The van der Waals surface area contributed by atoms with Gasteiger partial charge in [-0.15, -0.1) is 0 Å². The summed E-state index contributed by atoms with van der Waals surface area (Å²) in [6, 6.07) is 6.99. The van der Waals surface area contributed by atoms with E-state index in [-0.39, 0.29) is 17.7 Å². The van der Waals surface area contributed by atoms with Crippen LogP contribution in [-0.2, 0) is 9.59 Å². The maximum atomic E-state index is 12.3. The van der Waals surface area contributed by atoms with Gasteiger partial charge in [-0.05, 0) is 19.9 Å². The van der Waals surface area contributed by atoms with Gasteiger partial charge in [0.1, 0.15) is 17.8 Å². The van der Waals surface area contributed by atoms with Crippen LogP contribution in [0.5, 0.6) is 5.75 Å². The molecule has 2 amide bonds. The molecule has 2 aliphatic rings. The molecule has 3 rings (SSSR count). The third-order valence-electron chi connectivity index (χ3n) is 4.08. The van der Waals surface area contributed by atoms with E-state index in [2.05, 4.69) is 5.32 Å².